The molecule has 3 atom stereocenters. The Labute approximate surface area is 232 Å². The maximum absolute atomic E-state index is 13.7. The van der Waals surface area contributed by atoms with Crippen molar-refractivity contribution in [3.8, 4) is 17.7 Å². The minimum atomic E-state index is -4.04. The molecule has 1 aromatic heterocycles. The maximum Gasteiger partial charge on any atom is 0.259 e. The third kappa shape index (κ3) is 6.47. The molecule has 40 heavy (non-hydrogen) atoms. The predicted octanol–water partition coefficient (Wildman–Crippen LogP) is 3.30. The van der Waals surface area contributed by atoms with Crippen molar-refractivity contribution < 1.29 is 31.8 Å². The molecule has 11 heteroatoms. The first-order valence-corrected chi connectivity index (χ1v) is 14.0. The highest BCUT2D eigenvalue weighted by Crippen LogP contribution is 2.28. The number of rotatable bonds is 6. The number of hydrogen-bond acceptors (Lipinski definition) is 6. The van der Waals surface area contributed by atoms with Crippen molar-refractivity contribution in [2.45, 2.75) is 30.9 Å². The van der Waals surface area contributed by atoms with Crippen molar-refractivity contribution in [3.05, 3.63) is 89.1 Å². The molecule has 1 amide bonds. The highest BCUT2D eigenvalue weighted by Gasteiger charge is 2.36. The fraction of sp³-hybridized carbons (Fsp3) is 0.310. The summed E-state index contributed by atoms with van der Waals surface area (Å²) in [6.07, 6.45) is 0.666. The van der Waals surface area contributed by atoms with Gasteiger partial charge in [0.25, 0.3) is 5.91 Å². The second-order valence-electron chi connectivity index (χ2n) is 9.70. The van der Waals surface area contributed by atoms with Crippen LogP contribution in [0.3, 0.4) is 0 Å². The van der Waals surface area contributed by atoms with Crippen LogP contribution >= 0.6 is 0 Å². The van der Waals surface area contributed by atoms with Crippen molar-refractivity contribution >= 4 is 15.9 Å². The van der Waals surface area contributed by atoms with Gasteiger partial charge in [-0.15, -0.1) is 0 Å². The second kappa shape index (κ2) is 12.1. The zero-order valence-electron chi connectivity index (χ0n) is 22.2. The van der Waals surface area contributed by atoms with E-state index >= 15 is 0 Å². The van der Waals surface area contributed by atoms with Crippen LogP contribution in [0.15, 0.2) is 65.7 Å². The lowest BCUT2D eigenvalue weighted by Gasteiger charge is -2.37. The van der Waals surface area contributed by atoms with Crippen molar-refractivity contribution in [3.63, 3.8) is 0 Å². The zero-order chi connectivity index (χ0) is 29.0. The average molecular weight is 570 g/mol. The molecule has 8 nitrogen and oxygen atoms in total. The quantitative estimate of drug-likeness (QED) is 0.458. The summed E-state index contributed by atoms with van der Waals surface area (Å²) >= 11 is 0. The van der Waals surface area contributed by atoms with Crippen LogP contribution in [0, 0.1) is 29.4 Å². The summed E-state index contributed by atoms with van der Waals surface area (Å²) in [5.41, 5.74) is 0.924. The van der Waals surface area contributed by atoms with Crippen molar-refractivity contribution in [2.75, 3.05) is 26.7 Å². The minimum Gasteiger partial charge on any atom is -0.472 e. The number of halogens is 2. The van der Waals surface area contributed by atoms with E-state index in [0.717, 1.165) is 16.4 Å². The number of aliphatic hydroxyl groups is 1. The normalized spacial score (nSPS) is 18.2. The van der Waals surface area contributed by atoms with Crippen LogP contribution in [0.4, 0.5) is 8.78 Å². The standard InChI is InChI=1S/C29H29F2N3O5S/c1-19-16-34(20(2)18-35)29(36)26-13-22(11-10-21-6-4-7-23(30)12-21)15-32-28(26)39-27(19)17-33(3)40(37,38)25-9-5-8-24(31)14-25/h4-9,12-15,19-20,27,35H,16-18H2,1-3H3/t19-,20+,27-/m0/s1. The smallest absolute Gasteiger partial charge is 0.259 e. The number of nitrogens with zero attached hydrogens (tertiary/aromatic N) is 3. The molecule has 0 fully saturated rings. The summed E-state index contributed by atoms with van der Waals surface area (Å²) in [6, 6.07) is 11.5. The third-order valence-electron chi connectivity index (χ3n) is 6.64. The van der Waals surface area contributed by atoms with E-state index in [0.29, 0.717) is 11.1 Å². The van der Waals surface area contributed by atoms with Gasteiger partial charge in [-0.1, -0.05) is 30.9 Å². The molecule has 210 valence electrons. The van der Waals surface area contributed by atoms with Crippen LogP contribution < -0.4 is 4.74 Å². The van der Waals surface area contributed by atoms with Crippen LogP contribution in [-0.2, 0) is 10.0 Å². The van der Waals surface area contributed by atoms with Crippen molar-refractivity contribution in [2.24, 2.45) is 5.92 Å². The Morgan fingerprint density at radius 1 is 1.12 bits per heavy atom. The molecule has 2 aromatic carbocycles. The first kappa shape index (κ1) is 29.1. The van der Waals surface area contributed by atoms with Crippen molar-refractivity contribution in [1.29, 1.82) is 0 Å². The first-order chi connectivity index (χ1) is 19.0. The zero-order valence-corrected chi connectivity index (χ0v) is 23.0. The molecule has 0 unspecified atom stereocenters. The molecular formula is C29H29F2N3O5S. The van der Waals surface area contributed by atoms with Crippen LogP contribution in [0.5, 0.6) is 5.88 Å². The van der Waals surface area contributed by atoms with E-state index in [2.05, 4.69) is 16.8 Å². The molecule has 0 saturated carbocycles. The summed E-state index contributed by atoms with van der Waals surface area (Å²) in [6.45, 7) is 3.26. The average Bonchev–Trinajstić information content (AvgIpc) is 2.93. The van der Waals surface area contributed by atoms with Crippen LogP contribution in [0.25, 0.3) is 0 Å². The third-order valence-corrected chi connectivity index (χ3v) is 8.46. The van der Waals surface area contributed by atoms with Crippen LogP contribution in [-0.4, -0.2) is 72.5 Å². The molecule has 0 saturated heterocycles. The largest absolute Gasteiger partial charge is 0.472 e. The molecule has 0 spiro atoms. The number of aliphatic hydroxyl groups excluding tert-OH is 1. The summed E-state index contributed by atoms with van der Waals surface area (Å²) in [7, 11) is -2.68. The van der Waals surface area contributed by atoms with Gasteiger partial charge in [0, 0.05) is 36.8 Å². The number of fused-ring (bicyclic) bond motifs is 1. The Balaban J connectivity index is 1.68. The van der Waals surface area contributed by atoms with E-state index < -0.39 is 39.7 Å². The molecule has 0 radical (unpaired) electrons. The number of sulfonamides is 1. The van der Waals surface area contributed by atoms with Crippen LogP contribution in [0.2, 0.25) is 0 Å². The summed E-state index contributed by atoms with van der Waals surface area (Å²) in [5, 5.41) is 9.84. The van der Waals surface area contributed by atoms with E-state index in [1.165, 1.54) is 54.5 Å². The Hall–Kier alpha value is -3.85. The molecule has 1 aliphatic rings. The molecular weight excluding hydrogens is 540 g/mol. The van der Waals surface area contributed by atoms with E-state index in [9.17, 15) is 27.1 Å². The molecule has 4 rings (SSSR count). The van der Waals surface area contributed by atoms with Gasteiger partial charge in [0.15, 0.2) is 0 Å². The van der Waals surface area contributed by atoms with Gasteiger partial charge < -0.3 is 14.7 Å². The first-order valence-electron chi connectivity index (χ1n) is 12.6. The molecule has 3 aromatic rings. The van der Waals surface area contributed by atoms with Gasteiger partial charge in [-0.05, 0) is 49.4 Å². The van der Waals surface area contributed by atoms with Gasteiger partial charge in [0.1, 0.15) is 23.3 Å². The number of carbonyl (C=O) groups excluding carboxylic acids is 1. The van der Waals surface area contributed by atoms with Gasteiger partial charge in [-0.2, -0.15) is 4.31 Å². The topological polar surface area (TPSA) is 100 Å². The number of likely N-dealkylation sites (N-methyl/N-ethyl adjacent to an activating group) is 1. The highest BCUT2D eigenvalue weighted by molar-refractivity contribution is 7.89. The Bertz CT molecular complexity index is 1570. The second-order valence-corrected chi connectivity index (χ2v) is 11.7. The van der Waals surface area contributed by atoms with Gasteiger partial charge in [0.05, 0.1) is 24.1 Å². The van der Waals surface area contributed by atoms with E-state index in [-0.39, 0.29) is 42.0 Å². The SMILES string of the molecule is C[C@H](CO)N1C[C@H](C)[C@H](CN(C)S(=O)(=O)c2cccc(F)c2)Oc2ncc(C#Cc3cccc(F)c3)cc2C1=O. The number of amides is 1. The Morgan fingerprint density at radius 2 is 1.80 bits per heavy atom. The molecule has 1 aliphatic heterocycles. The fourth-order valence-electron chi connectivity index (χ4n) is 4.26. The summed E-state index contributed by atoms with van der Waals surface area (Å²) < 4.78 is 60.8. The number of benzene rings is 2. The van der Waals surface area contributed by atoms with E-state index in [1.54, 1.807) is 13.0 Å². The Morgan fingerprint density at radius 3 is 2.48 bits per heavy atom. The number of ether oxygens (including phenoxy) is 1. The number of aromatic nitrogens is 1. The summed E-state index contributed by atoms with van der Waals surface area (Å²) in [4.78, 5) is 19.2. The monoisotopic (exact) mass is 569 g/mol. The van der Waals surface area contributed by atoms with Gasteiger partial charge >= 0.3 is 0 Å². The lowest BCUT2D eigenvalue weighted by molar-refractivity contribution is 0.0373. The number of pyridine rings is 1. The molecule has 0 bridgehead atoms. The fourth-order valence-corrected chi connectivity index (χ4v) is 5.47. The van der Waals surface area contributed by atoms with E-state index in [1.807, 2.05) is 6.92 Å². The molecule has 1 N–H and O–H groups in total. The summed E-state index contributed by atoms with van der Waals surface area (Å²) in [5.74, 6) is 3.81. The molecule has 0 aliphatic carbocycles. The van der Waals surface area contributed by atoms with Gasteiger partial charge in [-0.3, -0.25) is 4.79 Å². The minimum absolute atomic E-state index is 0.00968. The predicted molar refractivity (Wildman–Crippen MR) is 144 cm³/mol. The lowest BCUT2D eigenvalue weighted by Crippen LogP contribution is -2.50. The number of carbonyl (C=O) groups is 1. The van der Waals surface area contributed by atoms with Gasteiger partial charge in [0.2, 0.25) is 15.9 Å². The van der Waals surface area contributed by atoms with Gasteiger partial charge in [-0.25, -0.2) is 22.2 Å². The molecule has 2 heterocycles. The highest BCUT2D eigenvalue weighted by atomic mass is 32.2. The number of hydrogen-bond donors (Lipinski definition) is 1. The van der Waals surface area contributed by atoms with E-state index in [4.69, 9.17) is 4.74 Å². The van der Waals surface area contributed by atoms with Crippen LogP contribution in [0.1, 0.15) is 35.3 Å². The van der Waals surface area contributed by atoms with Crippen molar-refractivity contribution in [1.82, 2.24) is 14.2 Å². The Kier molecular flexibility index (Phi) is 8.83. The maximum atomic E-state index is 13.7. The lowest BCUT2D eigenvalue weighted by atomic mass is 10.0.